The highest BCUT2D eigenvalue weighted by Gasteiger charge is 2.10. The number of nitrogens with one attached hydrogen (secondary N) is 1. The predicted octanol–water partition coefficient (Wildman–Crippen LogP) is 5.22. The SMILES string of the molecule is O=C(CCc1ncc(-c2ccccc2)o1)Nc1cc(Cl)ccc1Cl. The van der Waals surface area contributed by atoms with Gasteiger partial charge >= 0.3 is 0 Å². The van der Waals surface area contributed by atoms with Crippen LogP contribution in [-0.4, -0.2) is 10.9 Å². The maximum atomic E-state index is 12.0. The zero-order chi connectivity index (χ0) is 16.9. The molecule has 3 rings (SSSR count). The molecule has 4 nitrogen and oxygen atoms in total. The molecule has 1 heterocycles. The maximum Gasteiger partial charge on any atom is 0.224 e. The van der Waals surface area contributed by atoms with E-state index in [1.807, 2.05) is 30.3 Å². The van der Waals surface area contributed by atoms with Gasteiger partial charge in [0.1, 0.15) is 0 Å². The van der Waals surface area contributed by atoms with E-state index in [9.17, 15) is 4.79 Å². The minimum atomic E-state index is -0.182. The molecule has 3 aromatic rings. The molecule has 0 atom stereocenters. The van der Waals surface area contributed by atoms with Gasteiger partial charge in [-0.25, -0.2) is 4.98 Å². The number of nitrogens with zero attached hydrogens (tertiary/aromatic N) is 1. The van der Waals surface area contributed by atoms with Crippen LogP contribution in [0.3, 0.4) is 0 Å². The van der Waals surface area contributed by atoms with Crippen LogP contribution in [0.5, 0.6) is 0 Å². The van der Waals surface area contributed by atoms with E-state index in [1.54, 1.807) is 24.4 Å². The lowest BCUT2D eigenvalue weighted by Crippen LogP contribution is -2.12. The van der Waals surface area contributed by atoms with Crippen LogP contribution in [0.1, 0.15) is 12.3 Å². The van der Waals surface area contributed by atoms with E-state index in [2.05, 4.69) is 10.3 Å². The number of oxazole rings is 1. The van der Waals surface area contributed by atoms with Gasteiger partial charge in [0.15, 0.2) is 11.7 Å². The second-order valence-electron chi connectivity index (χ2n) is 5.16. The highest BCUT2D eigenvalue weighted by molar-refractivity contribution is 6.35. The Hall–Kier alpha value is -2.30. The summed E-state index contributed by atoms with van der Waals surface area (Å²) in [5, 5.41) is 3.68. The fraction of sp³-hybridized carbons (Fsp3) is 0.111. The first-order valence-electron chi connectivity index (χ1n) is 7.37. The monoisotopic (exact) mass is 360 g/mol. The number of halogens is 2. The molecule has 24 heavy (non-hydrogen) atoms. The molecular formula is C18H14Cl2N2O2. The summed E-state index contributed by atoms with van der Waals surface area (Å²) >= 11 is 11.9. The molecule has 1 N–H and O–H groups in total. The van der Waals surface area contributed by atoms with Gasteiger partial charge in [0, 0.05) is 23.4 Å². The highest BCUT2D eigenvalue weighted by Crippen LogP contribution is 2.25. The van der Waals surface area contributed by atoms with Crippen LogP contribution in [0, 0.1) is 0 Å². The summed E-state index contributed by atoms with van der Waals surface area (Å²) in [6.07, 6.45) is 2.30. The zero-order valence-corrected chi connectivity index (χ0v) is 14.1. The van der Waals surface area contributed by atoms with Gasteiger partial charge in [0.05, 0.1) is 16.9 Å². The minimum absolute atomic E-state index is 0.182. The van der Waals surface area contributed by atoms with E-state index in [1.165, 1.54) is 0 Å². The molecule has 0 aliphatic rings. The molecule has 0 unspecified atom stereocenters. The molecule has 1 aromatic heterocycles. The number of carbonyl (C=O) groups excluding carboxylic acids is 1. The van der Waals surface area contributed by atoms with Crippen molar-refractivity contribution in [2.45, 2.75) is 12.8 Å². The van der Waals surface area contributed by atoms with E-state index in [-0.39, 0.29) is 12.3 Å². The van der Waals surface area contributed by atoms with Crippen LogP contribution in [0.25, 0.3) is 11.3 Å². The molecule has 0 saturated heterocycles. The summed E-state index contributed by atoms with van der Waals surface area (Å²) in [4.78, 5) is 16.3. The molecule has 0 aliphatic carbocycles. The minimum Gasteiger partial charge on any atom is -0.441 e. The Morgan fingerprint density at radius 2 is 1.92 bits per heavy atom. The van der Waals surface area contributed by atoms with Crippen molar-refractivity contribution in [2.24, 2.45) is 0 Å². The number of amides is 1. The van der Waals surface area contributed by atoms with Crippen LogP contribution < -0.4 is 5.32 Å². The van der Waals surface area contributed by atoms with Gasteiger partial charge < -0.3 is 9.73 Å². The first kappa shape index (κ1) is 16.6. The topological polar surface area (TPSA) is 55.1 Å². The van der Waals surface area contributed by atoms with Crippen LogP contribution in [0.2, 0.25) is 10.0 Å². The summed E-state index contributed by atoms with van der Waals surface area (Å²) < 4.78 is 5.67. The summed E-state index contributed by atoms with van der Waals surface area (Å²) in [6.45, 7) is 0. The molecule has 0 saturated carbocycles. The van der Waals surface area contributed by atoms with Crippen molar-refractivity contribution in [2.75, 3.05) is 5.32 Å². The Labute approximate surface area is 149 Å². The fourth-order valence-corrected chi connectivity index (χ4v) is 2.53. The number of anilines is 1. The molecule has 6 heteroatoms. The van der Waals surface area contributed by atoms with Crippen molar-refractivity contribution in [1.82, 2.24) is 4.98 Å². The van der Waals surface area contributed by atoms with Crippen LogP contribution in [-0.2, 0) is 11.2 Å². The number of aryl methyl sites for hydroxylation is 1. The summed E-state index contributed by atoms with van der Waals surface area (Å²) in [7, 11) is 0. The molecule has 0 aliphatic heterocycles. The summed E-state index contributed by atoms with van der Waals surface area (Å²) in [5.41, 5.74) is 1.44. The van der Waals surface area contributed by atoms with Crippen LogP contribution >= 0.6 is 23.2 Å². The van der Waals surface area contributed by atoms with Gasteiger partial charge in [-0.15, -0.1) is 0 Å². The number of carbonyl (C=O) groups is 1. The largest absolute Gasteiger partial charge is 0.441 e. The van der Waals surface area contributed by atoms with E-state index < -0.39 is 0 Å². The van der Waals surface area contributed by atoms with E-state index >= 15 is 0 Å². The molecule has 1 amide bonds. The summed E-state index contributed by atoms with van der Waals surface area (Å²) in [6, 6.07) is 14.6. The number of hydrogen-bond acceptors (Lipinski definition) is 3. The average Bonchev–Trinajstić information content (AvgIpc) is 3.06. The van der Waals surface area contributed by atoms with Crippen molar-refractivity contribution in [3.05, 3.63) is 70.7 Å². The number of hydrogen-bond donors (Lipinski definition) is 1. The van der Waals surface area contributed by atoms with Gasteiger partial charge in [-0.2, -0.15) is 0 Å². The molecule has 2 aromatic carbocycles. The molecule has 0 fully saturated rings. The first-order chi connectivity index (χ1) is 11.6. The first-order valence-corrected chi connectivity index (χ1v) is 8.12. The third kappa shape index (κ3) is 4.16. The van der Waals surface area contributed by atoms with Gasteiger partial charge in [-0.1, -0.05) is 53.5 Å². The lowest BCUT2D eigenvalue weighted by Gasteiger charge is -2.06. The molecular weight excluding hydrogens is 347 g/mol. The fourth-order valence-electron chi connectivity index (χ4n) is 2.19. The molecule has 0 radical (unpaired) electrons. The Balaban J connectivity index is 1.59. The van der Waals surface area contributed by atoms with E-state index in [0.717, 1.165) is 5.56 Å². The average molecular weight is 361 g/mol. The quantitative estimate of drug-likeness (QED) is 0.678. The molecule has 122 valence electrons. The lowest BCUT2D eigenvalue weighted by atomic mass is 10.2. The van der Waals surface area contributed by atoms with Gasteiger partial charge in [0.2, 0.25) is 5.91 Å². The normalized spacial score (nSPS) is 10.6. The van der Waals surface area contributed by atoms with Crippen molar-refractivity contribution < 1.29 is 9.21 Å². The van der Waals surface area contributed by atoms with Crippen molar-refractivity contribution in [3.8, 4) is 11.3 Å². The zero-order valence-electron chi connectivity index (χ0n) is 12.6. The lowest BCUT2D eigenvalue weighted by molar-refractivity contribution is -0.116. The van der Waals surface area contributed by atoms with Crippen LogP contribution in [0.15, 0.2) is 59.1 Å². The van der Waals surface area contributed by atoms with Gasteiger partial charge in [-0.05, 0) is 18.2 Å². The van der Waals surface area contributed by atoms with Gasteiger partial charge in [-0.3, -0.25) is 4.79 Å². The predicted molar refractivity (Wildman–Crippen MR) is 95.4 cm³/mol. The third-order valence-electron chi connectivity index (χ3n) is 3.38. The molecule has 0 spiro atoms. The van der Waals surface area contributed by atoms with Crippen molar-refractivity contribution in [1.29, 1.82) is 0 Å². The summed E-state index contributed by atoms with van der Waals surface area (Å²) in [5.74, 6) is 1.02. The second kappa shape index (κ2) is 7.51. The van der Waals surface area contributed by atoms with E-state index in [4.69, 9.17) is 27.6 Å². The van der Waals surface area contributed by atoms with E-state index in [0.29, 0.717) is 33.8 Å². The second-order valence-corrected chi connectivity index (χ2v) is 6.00. The smallest absolute Gasteiger partial charge is 0.224 e. The Morgan fingerprint density at radius 1 is 1.12 bits per heavy atom. The maximum absolute atomic E-state index is 12.0. The van der Waals surface area contributed by atoms with Crippen LogP contribution in [0.4, 0.5) is 5.69 Å². The highest BCUT2D eigenvalue weighted by atomic mass is 35.5. The number of aromatic nitrogens is 1. The van der Waals surface area contributed by atoms with Crippen molar-refractivity contribution >= 4 is 34.8 Å². The van der Waals surface area contributed by atoms with Gasteiger partial charge in [0.25, 0.3) is 0 Å². The Bertz CT molecular complexity index is 847. The molecule has 0 bridgehead atoms. The Kier molecular flexibility index (Phi) is 5.18. The number of rotatable bonds is 5. The number of benzene rings is 2. The standard InChI is InChI=1S/C18H14Cl2N2O2/c19-13-6-7-14(20)15(10-13)22-17(23)8-9-18-21-11-16(24-18)12-4-2-1-3-5-12/h1-7,10-11H,8-9H2,(H,22,23). The van der Waals surface area contributed by atoms with Crippen molar-refractivity contribution in [3.63, 3.8) is 0 Å². The Morgan fingerprint density at radius 3 is 2.71 bits per heavy atom. The third-order valence-corrected chi connectivity index (χ3v) is 3.94.